The van der Waals surface area contributed by atoms with Crippen LogP contribution < -0.4 is 0 Å². The van der Waals surface area contributed by atoms with Gasteiger partial charge in [-0.3, -0.25) is 0 Å². The highest BCUT2D eigenvalue weighted by atomic mass is 16.4. The van der Waals surface area contributed by atoms with Gasteiger partial charge in [0.05, 0.1) is 35.2 Å². The molecule has 0 saturated heterocycles. The minimum Gasteiger partial charge on any atom is -0.507 e. The van der Waals surface area contributed by atoms with E-state index in [0.29, 0.717) is 22.8 Å². The smallest absolute Gasteiger partial charge is 0.339 e. The molecule has 0 bridgehead atoms. The molecule has 0 aliphatic rings. The topological polar surface area (TPSA) is 176 Å². The van der Waals surface area contributed by atoms with E-state index in [1.807, 2.05) is 0 Å². The molecule has 31 heavy (non-hydrogen) atoms. The molecule has 0 radical (unpaired) electrons. The number of carboxylic acids is 2. The second-order valence-electron chi connectivity index (χ2n) is 6.50. The van der Waals surface area contributed by atoms with Gasteiger partial charge in [0.15, 0.2) is 0 Å². The van der Waals surface area contributed by atoms with E-state index in [1.54, 1.807) is 12.4 Å². The lowest BCUT2D eigenvalue weighted by Crippen LogP contribution is -2.00. The molecule has 0 atom stereocenters. The van der Waals surface area contributed by atoms with Gasteiger partial charge in [-0.15, -0.1) is 10.2 Å². The Hall–Kier alpha value is -4.74. The fraction of sp³-hybridized carbons (Fsp3) is 0.0526. The molecule has 12 nitrogen and oxygen atoms in total. The third-order valence-corrected chi connectivity index (χ3v) is 4.40. The Balaban J connectivity index is 1.52. The first-order valence-electron chi connectivity index (χ1n) is 8.77. The molecule has 0 unspecified atom stereocenters. The third kappa shape index (κ3) is 3.89. The standard InChI is InChI=1S/C19H14N6O6/c26-16-6-12(1-3-14(16)18(28)29)24-8-10(20-22-24)5-11-9-25(23-21-11)13-2-4-15(19(30)31)17(27)7-13/h1-4,6-9,26-27H,5H2,(H,28,29)(H,30,31). The lowest BCUT2D eigenvalue weighted by Gasteiger charge is -2.03. The fourth-order valence-corrected chi connectivity index (χ4v) is 2.88. The summed E-state index contributed by atoms with van der Waals surface area (Å²) in [6.07, 6.45) is 3.47. The maximum absolute atomic E-state index is 11.0. The van der Waals surface area contributed by atoms with Gasteiger partial charge in [-0.2, -0.15) is 0 Å². The fourth-order valence-electron chi connectivity index (χ4n) is 2.88. The average Bonchev–Trinajstić information content (AvgIpc) is 3.37. The number of nitrogens with zero attached hydrogens (tertiary/aromatic N) is 6. The van der Waals surface area contributed by atoms with Gasteiger partial charge in [0.1, 0.15) is 22.6 Å². The van der Waals surface area contributed by atoms with Crippen molar-refractivity contribution in [3.8, 4) is 22.9 Å². The Labute approximate surface area is 173 Å². The van der Waals surface area contributed by atoms with Crippen molar-refractivity contribution >= 4 is 11.9 Å². The third-order valence-electron chi connectivity index (χ3n) is 4.40. The number of carbonyl (C=O) groups is 2. The molecule has 4 aromatic rings. The van der Waals surface area contributed by atoms with Gasteiger partial charge in [0.25, 0.3) is 0 Å². The molecule has 2 aromatic carbocycles. The first-order chi connectivity index (χ1) is 14.8. The molecular weight excluding hydrogens is 408 g/mol. The van der Waals surface area contributed by atoms with Gasteiger partial charge in [-0.25, -0.2) is 19.0 Å². The number of carboxylic acid groups (broad SMARTS) is 2. The van der Waals surface area contributed by atoms with Crippen LogP contribution in [0.4, 0.5) is 0 Å². The summed E-state index contributed by atoms with van der Waals surface area (Å²) < 4.78 is 2.77. The Morgan fingerprint density at radius 1 is 0.742 bits per heavy atom. The van der Waals surface area contributed by atoms with Crippen molar-refractivity contribution < 1.29 is 30.0 Å². The zero-order chi connectivity index (χ0) is 22.1. The molecule has 12 heteroatoms. The average molecular weight is 422 g/mol. The van der Waals surface area contributed by atoms with Crippen LogP contribution in [0.1, 0.15) is 32.1 Å². The van der Waals surface area contributed by atoms with Crippen LogP contribution in [0, 0.1) is 0 Å². The van der Waals surface area contributed by atoms with E-state index in [9.17, 15) is 19.8 Å². The van der Waals surface area contributed by atoms with Crippen LogP contribution >= 0.6 is 0 Å². The summed E-state index contributed by atoms with van der Waals surface area (Å²) in [5.74, 6) is -3.25. The second-order valence-corrected chi connectivity index (χ2v) is 6.50. The molecule has 2 heterocycles. The Kier molecular flexibility index (Phi) is 4.79. The Morgan fingerprint density at radius 2 is 1.16 bits per heavy atom. The number of aromatic hydroxyl groups is 2. The molecule has 156 valence electrons. The molecule has 0 aliphatic carbocycles. The van der Waals surface area contributed by atoms with Crippen molar-refractivity contribution in [1.82, 2.24) is 30.0 Å². The van der Waals surface area contributed by atoms with Gasteiger partial charge in [0.2, 0.25) is 0 Å². The van der Waals surface area contributed by atoms with Crippen LogP contribution in [-0.2, 0) is 6.42 Å². The minimum absolute atomic E-state index is 0.219. The van der Waals surface area contributed by atoms with E-state index in [1.165, 1.54) is 45.8 Å². The maximum atomic E-state index is 11.0. The Morgan fingerprint density at radius 3 is 1.52 bits per heavy atom. The van der Waals surface area contributed by atoms with Crippen LogP contribution in [0.25, 0.3) is 11.4 Å². The van der Waals surface area contributed by atoms with E-state index in [2.05, 4.69) is 20.6 Å². The number of benzene rings is 2. The summed E-state index contributed by atoms with van der Waals surface area (Å²) in [5, 5.41) is 53.6. The highest BCUT2D eigenvalue weighted by molar-refractivity contribution is 5.91. The number of hydrogen-bond acceptors (Lipinski definition) is 8. The normalized spacial score (nSPS) is 10.8. The largest absolute Gasteiger partial charge is 0.507 e. The number of phenols is 2. The highest BCUT2D eigenvalue weighted by Crippen LogP contribution is 2.22. The minimum atomic E-state index is -1.24. The molecule has 0 fully saturated rings. The van der Waals surface area contributed by atoms with Crippen LogP contribution in [0.2, 0.25) is 0 Å². The van der Waals surface area contributed by atoms with Crippen molar-refractivity contribution in [3.05, 3.63) is 71.3 Å². The number of rotatable bonds is 6. The predicted octanol–water partition coefficient (Wildman–Crippen LogP) is 1.25. The molecule has 4 N–H and O–H groups in total. The van der Waals surface area contributed by atoms with Crippen molar-refractivity contribution in [1.29, 1.82) is 0 Å². The molecule has 2 aromatic heterocycles. The number of aromatic carboxylic acids is 2. The highest BCUT2D eigenvalue weighted by Gasteiger charge is 2.14. The zero-order valence-electron chi connectivity index (χ0n) is 15.6. The molecular formula is C19H14N6O6. The monoisotopic (exact) mass is 422 g/mol. The van der Waals surface area contributed by atoms with Gasteiger partial charge in [0, 0.05) is 18.6 Å². The van der Waals surface area contributed by atoms with Gasteiger partial charge < -0.3 is 20.4 Å². The molecule has 4 rings (SSSR count). The van der Waals surface area contributed by atoms with Crippen LogP contribution in [0.15, 0.2) is 48.8 Å². The van der Waals surface area contributed by atoms with Gasteiger partial charge >= 0.3 is 11.9 Å². The van der Waals surface area contributed by atoms with Crippen LogP contribution in [-0.4, -0.2) is 62.4 Å². The quantitative estimate of drug-likeness (QED) is 0.353. The van der Waals surface area contributed by atoms with Crippen molar-refractivity contribution in [2.75, 3.05) is 0 Å². The Bertz CT molecular complexity index is 1210. The first kappa shape index (κ1) is 19.6. The summed E-state index contributed by atoms with van der Waals surface area (Å²) in [4.78, 5) is 22.0. The van der Waals surface area contributed by atoms with E-state index in [0.717, 1.165) is 0 Å². The van der Waals surface area contributed by atoms with Gasteiger partial charge in [-0.1, -0.05) is 10.4 Å². The van der Waals surface area contributed by atoms with Gasteiger partial charge in [-0.05, 0) is 24.3 Å². The van der Waals surface area contributed by atoms with Crippen LogP contribution in [0.3, 0.4) is 0 Å². The summed E-state index contributed by atoms with van der Waals surface area (Å²) in [6.45, 7) is 0. The number of aromatic nitrogens is 6. The predicted molar refractivity (Wildman–Crippen MR) is 103 cm³/mol. The summed E-state index contributed by atoms with van der Waals surface area (Å²) >= 11 is 0. The molecule has 0 aliphatic heterocycles. The molecule has 0 amide bonds. The van der Waals surface area contributed by atoms with E-state index >= 15 is 0 Å². The lowest BCUT2D eigenvalue weighted by molar-refractivity contribution is 0.0682. The summed E-state index contributed by atoms with van der Waals surface area (Å²) in [5.41, 5.74) is 1.50. The van der Waals surface area contributed by atoms with Crippen molar-refractivity contribution in [3.63, 3.8) is 0 Å². The zero-order valence-corrected chi connectivity index (χ0v) is 15.6. The summed E-state index contributed by atoms with van der Waals surface area (Å²) in [7, 11) is 0. The first-order valence-corrected chi connectivity index (χ1v) is 8.77. The molecule has 0 saturated carbocycles. The molecule has 0 spiro atoms. The lowest BCUT2D eigenvalue weighted by atomic mass is 10.2. The summed E-state index contributed by atoms with van der Waals surface area (Å²) in [6, 6.07) is 8.06. The maximum Gasteiger partial charge on any atom is 0.339 e. The van der Waals surface area contributed by atoms with E-state index < -0.39 is 11.9 Å². The second kappa shape index (κ2) is 7.59. The van der Waals surface area contributed by atoms with Crippen molar-refractivity contribution in [2.24, 2.45) is 0 Å². The van der Waals surface area contributed by atoms with Crippen LogP contribution in [0.5, 0.6) is 11.5 Å². The number of hydrogen-bond donors (Lipinski definition) is 4. The SMILES string of the molecule is O=C(O)c1ccc(-n2cc(Cc3cn(-c4ccc(C(=O)O)c(O)c4)nn3)nn2)cc1O. The van der Waals surface area contributed by atoms with E-state index in [-0.39, 0.29) is 29.0 Å². The van der Waals surface area contributed by atoms with E-state index in [4.69, 9.17) is 10.2 Å². The van der Waals surface area contributed by atoms with Crippen molar-refractivity contribution in [2.45, 2.75) is 6.42 Å².